The van der Waals surface area contributed by atoms with Gasteiger partial charge in [-0.25, -0.2) is 0 Å². The molecule has 0 fully saturated rings. The zero-order chi connectivity index (χ0) is 16.4. The highest BCUT2D eigenvalue weighted by Crippen LogP contribution is 2.48. The maximum atomic E-state index is 13.0. The molecule has 24 heavy (non-hydrogen) atoms. The van der Waals surface area contributed by atoms with Crippen molar-refractivity contribution in [3.8, 4) is 17.2 Å². The van der Waals surface area contributed by atoms with Gasteiger partial charge in [0.25, 0.3) is 6.29 Å². The molecule has 2 aromatic carbocycles. The Hall–Kier alpha value is -3.15. The molecule has 2 atom stereocenters. The highest BCUT2D eigenvalue weighted by molar-refractivity contribution is 5.98. The molecule has 0 bridgehead atoms. The fraction of sp³-hybridized carbons (Fsp3) is 0.167. The number of phenols is 1. The first-order chi connectivity index (χ1) is 11.7. The molecule has 2 aliphatic rings. The molecule has 3 aromatic rings. The molecule has 0 saturated carbocycles. The van der Waals surface area contributed by atoms with Crippen LogP contribution >= 0.6 is 0 Å². The second-order valence-electron chi connectivity index (χ2n) is 5.75. The molecular formula is C18H12O6. The summed E-state index contributed by atoms with van der Waals surface area (Å²) in [6.07, 6.45) is 2.93. The highest BCUT2D eigenvalue weighted by Gasteiger charge is 2.40. The average molecular weight is 324 g/mol. The van der Waals surface area contributed by atoms with Crippen molar-refractivity contribution in [1.29, 1.82) is 0 Å². The Morgan fingerprint density at radius 1 is 1.25 bits per heavy atom. The summed E-state index contributed by atoms with van der Waals surface area (Å²) in [4.78, 5) is 13.0. The van der Waals surface area contributed by atoms with E-state index in [1.54, 1.807) is 24.5 Å². The summed E-state index contributed by atoms with van der Waals surface area (Å²) in [5.41, 5.74) is 1.09. The Kier molecular flexibility index (Phi) is 2.46. The Balaban J connectivity index is 1.97. The monoisotopic (exact) mass is 324 g/mol. The van der Waals surface area contributed by atoms with E-state index in [-0.39, 0.29) is 22.5 Å². The third-order valence-corrected chi connectivity index (χ3v) is 4.50. The van der Waals surface area contributed by atoms with Gasteiger partial charge >= 0.3 is 0 Å². The maximum Gasteiger partial charge on any atom is 0.250 e. The Labute approximate surface area is 135 Å². The van der Waals surface area contributed by atoms with Crippen molar-refractivity contribution < 1.29 is 23.7 Å². The molecule has 0 saturated heterocycles. The van der Waals surface area contributed by atoms with Crippen molar-refractivity contribution in [1.82, 2.24) is 0 Å². The summed E-state index contributed by atoms with van der Waals surface area (Å²) in [5.74, 6) is 0.509. The van der Waals surface area contributed by atoms with Gasteiger partial charge in [0.1, 0.15) is 39.2 Å². The molecular weight excluding hydrogens is 312 g/mol. The molecule has 2 aliphatic heterocycles. The topological polar surface area (TPSA) is 78.1 Å². The second-order valence-corrected chi connectivity index (χ2v) is 5.75. The maximum absolute atomic E-state index is 13.0. The predicted molar refractivity (Wildman–Crippen MR) is 85.6 cm³/mol. The molecule has 1 N–H and O–H groups in total. The smallest absolute Gasteiger partial charge is 0.250 e. The van der Waals surface area contributed by atoms with Crippen LogP contribution in [0.15, 0.2) is 45.8 Å². The summed E-state index contributed by atoms with van der Waals surface area (Å²) in [5, 5.41) is 10.8. The number of methoxy groups -OCH3 is 1. The van der Waals surface area contributed by atoms with Gasteiger partial charge in [0.15, 0.2) is 0 Å². The summed E-state index contributed by atoms with van der Waals surface area (Å²) in [7, 11) is 1.49. The van der Waals surface area contributed by atoms with Crippen LogP contribution in [0.2, 0.25) is 0 Å². The van der Waals surface area contributed by atoms with E-state index in [1.807, 2.05) is 6.08 Å². The fourth-order valence-electron chi connectivity index (χ4n) is 3.44. The molecule has 6 nitrogen and oxygen atoms in total. The molecule has 0 radical (unpaired) electrons. The van der Waals surface area contributed by atoms with Gasteiger partial charge in [-0.2, -0.15) is 0 Å². The van der Waals surface area contributed by atoms with Crippen LogP contribution in [0, 0.1) is 0 Å². The van der Waals surface area contributed by atoms with Gasteiger partial charge in [-0.15, -0.1) is 0 Å². The fourth-order valence-corrected chi connectivity index (χ4v) is 3.44. The lowest BCUT2D eigenvalue weighted by atomic mass is 9.97. The number of phenolic OH excluding ortho intramolecular Hbond substituents is 1. The van der Waals surface area contributed by atoms with Crippen LogP contribution in [0.4, 0.5) is 0 Å². The van der Waals surface area contributed by atoms with Crippen molar-refractivity contribution in [2.45, 2.75) is 12.2 Å². The van der Waals surface area contributed by atoms with Gasteiger partial charge in [-0.1, -0.05) is 6.07 Å². The first-order valence-electron chi connectivity index (χ1n) is 7.47. The minimum Gasteiger partial charge on any atom is -0.507 e. The molecule has 0 amide bonds. The van der Waals surface area contributed by atoms with Crippen molar-refractivity contribution in [2.75, 3.05) is 7.11 Å². The zero-order valence-corrected chi connectivity index (χ0v) is 12.6. The Morgan fingerprint density at radius 2 is 2.12 bits per heavy atom. The number of rotatable bonds is 1. The standard InChI is InChI=1S/C18H12O6/c1-21-10-3-2-4-11-15(10)16(20)14-9(19)7-12-13(17(14)23-11)8-5-6-22-18(8)24-12/h2-8,18-19H,1H3/t8-,18+/m0/s1. The van der Waals surface area contributed by atoms with E-state index in [1.165, 1.54) is 13.2 Å². The van der Waals surface area contributed by atoms with Crippen molar-refractivity contribution in [3.63, 3.8) is 0 Å². The summed E-state index contributed by atoms with van der Waals surface area (Å²) in [6.45, 7) is 0. The number of benzene rings is 2. The zero-order valence-electron chi connectivity index (χ0n) is 12.6. The SMILES string of the molecule is COc1cccc2oc3c4c(cc(O)c3c(=O)c12)O[C@H]1OC=C[C@@H]41. The quantitative estimate of drug-likeness (QED) is 0.693. The number of fused-ring (bicyclic) bond motifs is 6. The third kappa shape index (κ3) is 1.52. The van der Waals surface area contributed by atoms with Crippen molar-refractivity contribution >= 4 is 21.9 Å². The molecule has 1 aromatic heterocycles. The van der Waals surface area contributed by atoms with Crippen LogP contribution in [-0.4, -0.2) is 18.5 Å². The van der Waals surface area contributed by atoms with Crippen LogP contribution in [0.1, 0.15) is 11.5 Å². The minimum absolute atomic E-state index is 0.121. The van der Waals surface area contributed by atoms with Gasteiger partial charge in [-0.05, 0) is 18.2 Å². The summed E-state index contributed by atoms with van der Waals surface area (Å²) in [6, 6.07) is 6.56. The van der Waals surface area contributed by atoms with E-state index in [2.05, 4.69) is 0 Å². The van der Waals surface area contributed by atoms with E-state index in [9.17, 15) is 9.90 Å². The van der Waals surface area contributed by atoms with Crippen LogP contribution in [0.5, 0.6) is 17.2 Å². The molecule has 0 aliphatic carbocycles. The molecule has 0 spiro atoms. The summed E-state index contributed by atoms with van der Waals surface area (Å²) < 4.78 is 22.3. The summed E-state index contributed by atoms with van der Waals surface area (Å²) >= 11 is 0. The molecule has 0 unspecified atom stereocenters. The lowest BCUT2D eigenvalue weighted by Gasteiger charge is -2.10. The molecule has 120 valence electrons. The Bertz CT molecular complexity index is 1090. The van der Waals surface area contributed by atoms with Gasteiger partial charge < -0.3 is 23.7 Å². The van der Waals surface area contributed by atoms with E-state index in [0.29, 0.717) is 33.6 Å². The second kappa shape index (κ2) is 4.44. The van der Waals surface area contributed by atoms with E-state index < -0.39 is 6.29 Å². The first kappa shape index (κ1) is 13.3. The minimum atomic E-state index is -0.490. The van der Waals surface area contributed by atoms with Crippen LogP contribution in [0.3, 0.4) is 0 Å². The van der Waals surface area contributed by atoms with Crippen LogP contribution < -0.4 is 14.9 Å². The van der Waals surface area contributed by atoms with E-state index >= 15 is 0 Å². The van der Waals surface area contributed by atoms with Gasteiger partial charge in [0, 0.05) is 6.07 Å². The van der Waals surface area contributed by atoms with E-state index in [0.717, 1.165) is 0 Å². The van der Waals surface area contributed by atoms with Crippen molar-refractivity contribution in [2.24, 2.45) is 0 Å². The van der Waals surface area contributed by atoms with Crippen LogP contribution in [0.25, 0.3) is 21.9 Å². The van der Waals surface area contributed by atoms with Gasteiger partial charge in [-0.3, -0.25) is 4.79 Å². The van der Waals surface area contributed by atoms with Gasteiger partial charge in [0.05, 0.1) is 24.9 Å². The largest absolute Gasteiger partial charge is 0.507 e. The predicted octanol–water partition coefficient (Wildman–Crippen LogP) is 3.01. The lowest BCUT2D eigenvalue weighted by molar-refractivity contribution is -0.00484. The molecule has 3 heterocycles. The van der Waals surface area contributed by atoms with Gasteiger partial charge in [0.2, 0.25) is 5.43 Å². The van der Waals surface area contributed by atoms with Crippen molar-refractivity contribution in [3.05, 3.63) is 52.4 Å². The van der Waals surface area contributed by atoms with Crippen LogP contribution in [-0.2, 0) is 4.74 Å². The highest BCUT2D eigenvalue weighted by atomic mass is 16.7. The normalized spacial score (nSPS) is 20.7. The molecule has 6 heteroatoms. The number of ether oxygens (including phenoxy) is 3. The third-order valence-electron chi connectivity index (χ3n) is 4.50. The Morgan fingerprint density at radius 3 is 2.96 bits per heavy atom. The number of hydrogen-bond donors (Lipinski definition) is 1. The number of aromatic hydroxyl groups is 1. The average Bonchev–Trinajstić information content (AvgIpc) is 3.14. The number of hydrogen-bond acceptors (Lipinski definition) is 6. The van der Waals surface area contributed by atoms with E-state index in [4.69, 9.17) is 18.6 Å². The lowest BCUT2D eigenvalue weighted by Crippen LogP contribution is -2.14. The molecule has 5 rings (SSSR count). The first-order valence-corrected chi connectivity index (χ1v) is 7.47.